The summed E-state index contributed by atoms with van der Waals surface area (Å²) >= 11 is 6.27. The zero-order chi connectivity index (χ0) is 27.2. The number of halogens is 1. The lowest BCUT2D eigenvalue weighted by molar-refractivity contribution is -0.140. The van der Waals surface area contributed by atoms with Crippen molar-refractivity contribution >= 4 is 29.1 Å². The zero-order valence-electron chi connectivity index (χ0n) is 22.0. The number of rotatable bonds is 10. The molecule has 1 aliphatic rings. The lowest BCUT2D eigenvalue weighted by Gasteiger charge is -2.28. The SMILES string of the molecule is CCN(CC)CCN1C(=O)C(=O)/C(=C(\O)c2ccc(OCc3cccc(C)c3)cc2)C1c1cccc(Cl)c1. The van der Waals surface area contributed by atoms with Crippen LogP contribution in [0.1, 0.15) is 42.1 Å². The van der Waals surface area contributed by atoms with Crippen molar-refractivity contribution in [1.29, 1.82) is 0 Å². The summed E-state index contributed by atoms with van der Waals surface area (Å²) < 4.78 is 5.90. The summed E-state index contributed by atoms with van der Waals surface area (Å²) in [5, 5.41) is 11.8. The number of amides is 1. The number of ketones is 1. The first-order valence-corrected chi connectivity index (χ1v) is 13.2. The van der Waals surface area contributed by atoms with Gasteiger partial charge in [-0.15, -0.1) is 0 Å². The lowest BCUT2D eigenvalue weighted by atomic mass is 9.95. The molecule has 0 aromatic heterocycles. The van der Waals surface area contributed by atoms with Crippen LogP contribution in [0.4, 0.5) is 0 Å². The number of ether oxygens (including phenoxy) is 1. The molecule has 1 fully saturated rings. The van der Waals surface area contributed by atoms with Crippen LogP contribution in [0.3, 0.4) is 0 Å². The van der Waals surface area contributed by atoms with Crippen LogP contribution >= 0.6 is 11.6 Å². The number of hydrogen-bond donors (Lipinski definition) is 1. The average molecular weight is 533 g/mol. The highest BCUT2D eigenvalue weighted by Crippen LogP contribution is 2.40. The Morgan fingerprint density at radius 2 is 1.71 bits per heavy atom. The second-order valence-corrected chi connectivity index (χ2v) is 9.81. The molecule has 0 aliphatic carbocycles. The van der Waals surface area contributed by atoms with Crippen LogP contribution in [0.15, 0.2) is 78.4 Å². The maximum absolute atomic E-state index is 13.3. The van der Waals surface area contributed by atoms with Crippen molar-refractivity contribution < 1.29 is 19.4 Å². The highest BCUT2D eigenvalue weighted by atomic mass is 35.5. The maximum atomic E-state index is 13.3. The van der Waals surface area contributed by atoms with Crippen LogP contribution in [0.25, 0.3) is 5.76 Å². The van der Waals surface area contributed by atoms with Crippen LogP contribution in [-0.2, 0) is 16.2 Å². The first-order valence-electron chi connectivity index (χ1n) is 12.9. The Balaban J connectivity index is 1.64. The fraction of sp³-hybridized carbons (Fsp3) is 0.290. The van der Waals surface area contributed by atoms with Gasteiger partial charge in [-0.2, -0.15) is 0 Å². The van der Waals surface area contributed by atoms with Gasteiger partial charge in [0.25, 0.3) is 11.7 Å². The molecule has 3 aromatic carbocycles. The summed E-state index contributed by atoms with van der Waals surface area (Å²) in [4.78, 5) is 30.1. The predicted octanol–water partition coefficient (Wildman–Crippen LogP) is 5.99. The molecular weight excluding hydrogens is 500 g/mol. The first-order chi connectivity index (χ1) is 18.3. The van der Waals surface area contributed by atoms with Gasteiger partial charge in [0.15, 0.2) is 0 Å². The Bertz CT molecular complexity index is 1330. The average Bonchev–Trinajstić information content (AvgIpc) is 3.17. The zero-order valence-corrected chi connectivity index (χ0v) is 22.7. The van der Waals surface area contributed by atoms with Gasteiger partial charge in [0.1, 0.15) is 18.1 Å². The minimum atomic E-state index is -0.735. The number of aliphatic hydroxyl groups is 1. The number of likely N-dealkylation sites (tertiary alicyclic amines) is 1. The molecule has 6 nitrogen and oxygen atoms in total. The molecule has 0 spiro atoms. The molecule has 198 valence electrons. The number of hydrogen-bond acceptors (Lipinski definition) is 5. The van der Waals surface area contributed by atoms with Gasteiger partial charge >= 0.3 is 0 Å². The molecule has 1 N–H and O–H groups in total. The van der Waals surface area contributed by atoms with E-state index in [9.17, 15) is 14.7 Å². The molecule has 3 aromatic rings. The van der Waals surface area contributed by atoms with Crippen molar-refractivity contribution in [3.63, 3.8) is 0 Å². The molecule has 1 atom stereocenters. The lowest BCUT2D eigenvalue weighted by Crippen LogP contribution is -2.38. The molecule has 1 heterocycles. The summed E-state index contributed by atoms with van der Waals surface area (Å²) in [7, 11) is 0. The monoisotopic (exact) mass is 532 g/mol. The first kappa shape index (κ1) is 27.4. The number of benzene rings is 3. The van der Waals surface area contributed by atoms with Gasteiger partial charge in [-0.3, -0.25) is 9.59 Å². The number of carbonyl (C=O) groups is 2. The highest BCUT2D eigenvalue weighted by Gasteiger charge is 2.46. The van der Waals surface area contributed by atoms with Crippen LogP contribution in [0.2, 0.25) is 5.02 Å². The Kier molecular flexibility index (Phi) is 8.87. The standard InChI is InChI=1S/C31H33ClN2O4/c1-4-33(5-2)16-17-34-28(24-10-7-11-25(32)19-24)27(30(36)31(34)37)29(35)23-12-14-26(15-13-23)38-20-22-9-6-8-21(3)18-22/h6-15,18-19,28,35H,4-5,16-17,20H2,1-3H3/b29-27-. The van der Waals surface area contributed by atoms with E-state index in [1.807, 2.05) is 31.2 Å². The summed E-state index contributed by atoms with van der Waals surface area (Å²) in [6.45, 7) is 9.20. The van der Waals surface area contributed by atoms with Crippen LogP contribution in [-0.4, -0.2) is 52.8 Å². The minimum Gasteiger partial charge on any atom is -0.507 e. The van der Waals surface area contributed by atoms with Crippen LogP contribution in [0, 0.1) is 6.92 Å². The van der Waals surface area contributed by atoms with Gasteiger partial charge in [-0.25, -0.2) is 0 Å². The van der Waals surface area contributed by atoms with Gasteiger partial charge in [0, 0.05) is 23.7 Å². The maximum Gasteiger partial charge on any atom is 0.295 e. The Morgan fingerprint density at radius 1 is 1.00 bits per heavy atom. The normalized spacial score (nSPS) is 16.9. The Hall–Kier alpha value is -3.61. The predicted molar refractivity (Wildman–Crippen MR) is 150 cm³/mol. The highest BCUT2D eigenvalue weighted by molar-refractivity contribution is 6.46. The van der Waals surface area contributed by atoms with Gasteiger partial charge < -0.3 is 19.6 Å². The van der Waals surface area contributed by atoms with E-state index in [1.165, 1.54) is 4.90 Å². The largest absolute Gasteiger partial charge is 0.507 e. The van der Waals surface area contributed by atoms with Crippen molar-refractivity contribution in [2.24, 2.45) is 0 Å². The smallest absolute Gasteiger partial charge is 0.295 e. The van der Waals surface area contributed by atoms with Crippen molar-refractivity contribution in [1.82, 2.24) is 9.80 Å². The van der Waals surface area contributed by atoms with Crippen molar-refractivity contribution in [2.45, 2.75) is 33.4 Å². The van der Waals surface area contributed by atoms with E-state index in [1.54, 1.807) is 42.5 Å². The topological polar surface area (TPSA) is 70.1 Å². The molecule has 4 rings (SSSR count). The van der Waals surface area contributed by atoms with Crippen LogP contribution in [0.5, 0.6) is 5.75 Å². The second-order valence-electron chi connectivity index (χ2n) is 9.38. The van der Waals surface area contributed by atoms with Crippen molar-refractivity contribution in [3.05, 3.63) is 106 Å². The van der Waals surface area contributed by atoms with E-state index >= 15 is 0 Å². The van der Waals surface area contributed by atoms with Crippen molar-refractivity contribution in [3.8, 4) is 5.75 Å². The molecule has 7 heteroatoms. The van der Waals surface area contributed by atoms with E-state index in [0.29, 0.717) is 41.6 Å². The Labute approximate surface area is 229 Å². The molecular formula is C31H33ClN2O4. The quantitative estimate of drug-likeness (QED) is 0.197. The van der Waals surface area contributed by atoms with Crippen molar-refractivity contribution in [2.75, 3.05) is 26.2 Å². The number of likely N-dealkylation sites (N-methyl/N-ethyl adjacent to an activating group) is 1. The van der Waals surface area contributed by atoms with Gasteiger partial charge in [-0.05, 0) is 67.5 Å². The minimum absolute atomic E-state index is 0.0604. The van der Waals surface area contributed by atoms with Crippen LogP contribution < -0.4 is 4.74 Å². The van der Waals surface area contributed by atoms with E-state index < -0.39 is 17.7 Å². The molecule has 0 bridgehead atoms. The molecule has 1 amide bonds. The number of Topliss-reactive ketones (excluding diaryl/α,β-unsaturated/α-hetero) is 1. The summed E-state index contributed by atoms with van der Waals surface area (Å²) in [5.74, 6) is -0.911. The third kappa shape index (κ3) is 6.09. The van der Waals surface area contributed by atoms with E-state index in [2.05, 4.69) is 24.8 Å². The molecule has 0 saturated carbocycles. The summed E-state index contributed by atoms with van der Waals surface area (Å²) in [6, 6.07) is 21.3. The van der Waals surface area contributed by atoms with Gasteiger partial charge in [0.05, 0.1) is 11.6 Å². The number of nitrogens with zero attached hydrogens (tertiary/aromatic N) is 2. The van der Waals surface area contributed by atoms with Gasteiger partial charge in [-0.1, -0.05) is 67.4 Å². The summed E-state index contributed by atoms with van der Waals surface area (Å²) in [5.41, 5.74) is 3.39. The van der Waals surface area contributed by atoms with E-state index in [4.69, 9.17) is 16.3 Å². The molecule has 1 saturated heterocycles. The third-order valence-corrected chi connectivity index (χ3v) is 7.11. The molecule has 0 radical (unpaired) electrons. The molecule has 1 aliphatic heterocycles. The fourth-order valence-corrected chi connectivity index (χ4v) is 4.95. The molecule has 38 heavy (non-hydrogen) atoms. The summed E-state index contributed by atoms with van der Waals surface area (Å²) in [6.07, 6.45) is 0. The third-order valence-electron chi connectivity index (χ3n) is 6.87. The Morgan fingerprint density at radius 3 is 2.37 bits per heavy atom. The molecule has 1 unspecified atom stereocenters. The van der Waals surface area contributed by atoms with E-state index in [-0.39, 0.29) is 11.3 Å². The number of aryl methyl sites for hydroxylation is 1. The van der Waals surface area contributed by atoms with E-state index in [0.717, 1.165) is 24.2 Å². The second kappa shape index (κ2) is 12.3. The van der Waals surface area contributed by atoms with Gasteiger partial charge in [0.2, 0.25) is 0 Å². The fourth-order valence-electron chi connectivity index (χ4n) is 4.76. The number of aliphatic hydroxyl groups excluding tert-OH is 1. The number of carbonyl (C=O) groups excluding carboxylic acids is 2.